The van der Waals surface area contributed by atoms with Gasteiger partial charge in [-0.1, -0.05) is 13.3 Å². The summed E-state index contributed by atoms with van der Waals surface area (Å²) < 4.78 is 0. The highest BCUT2D eigenvalue weighted by Gasteiger charge is 2.44. The highest BCUT2D eigenvalue weighted by molar-refractivity contribution is 5.02. The van der Waals surface area contributed by atoms with E-state index in [1.54, 1.807) is 0 Å². The molecule has 7 heavy (non-hydrogen) atoms. The molecule has 1 aliphatic carbocycles. The number of nitrogens with two attached hydrogens (primary N) is 1. The Labute approximate surface area is 44.9 Å². The van der Waals surface area contributed by atoms with Gasteiger partial charge in [0.15, 0.2) is 0 Å². The van der Waals surface area contributed by atoms with Crippen LogP contribution in [-0.4, -0.2) is 5.54 Å². The highest BCUT2D eigenvalue weighted by Crippen LogP contribution is 2.42. The minimum absolute atomic E-state index is 0.217. The minimum atomic E-state index is 0.217. The average Bonchev–Trinajstić information content (AvgIpc) is 2.13. The summed E-state index contributed by atoms with van der Waals surface area (Å²) in [6, 6.07) is 0. The van der Waals surface area contributed by atoms with E-state index in [9.17, 15) is 0 Å². The van der Waals surface area contributed by atoms with E-state index in [1.165, 1.54) is 12.8 Å². The number of rotatable bonds is 1. The van der Waals surface area contributed by atoms with Crippen LogP contribution in [0.2, 0.25) is 0 Å². The molecule has 0 aliphatic heterocycles. The van der Waals surface area contributed by atoms with Crippen LogP contribution in [0.15, 0.2) is 0 Å². The predicted octanol–water partition coefficient (Wildman–Crippen LogP) is 1.13. The number of hydrogen-bond acceptors (Lipinski definition) is 1. The molecule has 0 saturated heterocycles. The van der Waals surface area contributed by atoms with Gasteiger partial charge in [-0.05, 0) is 19.3 Å². The SMILES string of the molecule is CCC1C[C@]1(C)N. The molecule has 0 aromatic heterocycles. The number of hydrogen-bond donors (Lipinski definition) is 1. The van der Waals surface area contributed by atoms with Gasteiger partial charge in [0.05, 0.1) is 0 Å². The van der Waals surface area contributed by atoms with Gasteiger partial charge in [0.1, 0.15) is 0 Å². The second-order valence-corrected chi connectivity index (χ2v) is 2.82. The van der Waals surface area contributed by atoms with Crippen molar-refractivity contribution >= 4 is 0 Å². The van der Waals surface area contributed by atoms with Gasteiger partial charge >= 0.3 is 0 Å². The van der Waals surface area contributed by atoms with Gasteiger partial charge in [-0.25, -0.2) is 0 Å². The topological polar surface area (TPSA) is 26.0 Å². The lowest BCUT2D eigenvalue weighted by Crippen LogP contribution is -2.18. The molecule has 2 atom stereocenters. The summed E-state index contributed by atoms with van der Waals surface area (Å²) >= 11 is 0. The summed E-state index contributed by atoms with van der Waals surface area (Å²) in [6.07, 6.45) is 2.50. The maximum Gasteiger partial charge on any atom is 0.0158 e. The van der Waals surface area contributed by atoms with Crippen LogP contribution < -0.4 is 5.73 Å². The second kappa shape index (κ2) is 1.22. The zero-order chi connectivity index (χ0) is 5.49. The minimum Gasteiger partial charge on any atom is -0.325 e. The van der Waals surface area contributed by atoms with Crippen LogP contribution in [0.25, 0.3) is 0 Å². The average molecular weight is 99.2 g/mol. The van der Waals surface area contributed by atoms with E-state index in [0.717, 1.165) is 5.92 Å². The first-order valence-corrected chi connectivity index (χ1v) is 2.95. The summed E-state index contributed by atoms with van der Waals surface area (Å²) in [5.74, 6) is 0.826. The fourth-order valence-electron chi connectivity index (χ4n) is 1.08. The molecule has 0 spiro atoms. The molecule has 0 heterocycles. The standard InChI is InChI=1S/C6H13N/c1-3-5-4-6(5,2)7/h5H,3-4,7H2,1-2H3/t5?,6-/m0/s1. The van der Waals surface area contributed by atoms with E-state index < -0.39 is 0 Å². The van der Waals surface area contributed by atoms with Gasteiger partial charge in [0.25, 0.3) is 0 Å². The zero-order valence-electron chi connectivity index (χ0n) is 5.07. The van der Waals surface area contributed by atoms with Crippen LogP contribution in [0, 0.1) is 5.92 Å². The van der Waals surface area contributed by atoms with E-state index >= 15 is 0 Å². The molecule has 1 fully saturated rings. The van der Waals surface area contributed by atoms with Crippen molar-refractivity contribution < 1.29 is 0 Å². The molecule has 1 saturated carbocycles. The first-order valence-electron chi connectivity index (χ1n) is 2.95. The predicted molar refractivity (Wildman–Crippen MR) is 31.0 cm³/mol. The van der Waals surface area contributed by atoms with E-state index in [0.29, 0.717) is 0 Å². The molecule has 1 nitrogen and oxygen atoms in total. The quantitative estimate of drug-likeness (QED) is 0.524. The third-order valence-electron chi connectivity index (χ3n) is 1.95. The molecule has 0 amide bonds. The molecule has 1 aliphatic rings. The van der Waals surface area contributed by atoms with Crippen molar-refractivity contribution in [2.75, 3.05) is 0 Å². The fourth-order valence-corrected chi connectivity index (χ4v) is 1.08. The first-order chi connectivity index (χ1) is 3.17. The van der Waals surface area contributed by atoms with Gasteiger partial charge in [-0.2, -0.15) is 0 Å². The third-order valence-corrected chi connectivity index (χ3v) is 1.95. The molecule has 0 radical (unpaired) electrons. The van der Waals surface area contributed by atoms with Gasteiger partial charge in [-0.15, -0.1) is 0 Å². The van der Waals surface area contributed by atoms with Crippen molar-refractivity contribution in [3.63, 3.8) is 0 Å². The Morgan fingerprint density at radius 1 is 1.86 bits per heavy atom. The van der Waals surface area contributed by atoms with Crippen LogP contribution >= 0.6 is 0 Å². The van der Waals surface area contributed by atoms with Crippen molar-refractivity contribution in [1.29, 1.82) is 0 Å². The van der Waals surface area contributed by atoms with Crippen LogP contribution in [0.4, 0.5) is 0 Å². The van der Waals surface area contributed by atoms with Crippen molar-refractivity contribution in [2.45, 2.75) is 32.2 Å². The normalized spacial score (nSPS) is 49.3. The first kappa shape index (κ1) is 5.10. The fraction of sp³-hybridized carbons (Fsp3) is 1.00. The monoisotopic (exact) mass is 99.1 g/mol. The Hall–Kier alpha value is -0.0400. The van der Waals surface area contributed by atoms with Gasteiger partial charge in [0, 0.05) is 5.54 Å². The van der Waals surface area contributed by atoms with Crippen LogP contribution in [-0.2, 0) is 0 Å². The molecule has 2 N–H and O–H groups in total. The van der Waals surface area contributed by atoms with Crippen LogP contribution in [0.3, 0.4) is 0 Å². The molecule has 42 valence electrons. The Kier molecular flexibility index (Phi) is 0.890. The largest absolute Gasteiger partial charge is 0.325 e. The Bertz CT molecular complexity index is 76.2. The zero-order valence-corrected chi connectivity index (χ0v) is 5.07. The van der Waals surface area contributed by atoms with Gasteiger partial charge in [-0.3, -0.25) is 0 Å². The Morgan fingerprint density at radius 2 is 2.29 bits per heavy atom. The maximum atomic E-state index is 5.72. The van der Waals surface area contributed by atoms with E-state index in [1.807, 2.05) is 0 Å². The van der Waals surface area contributed by atoms with Crippen molar-refractivity contribution in [2.24, 2.45) is 11.7 Å². The van der Waals surface area contributed by atoms with Crippen LogP contribution in [0.1, 0.15) is 26.7 Å². The lowest BCUT2D eigenvalue weighted by atomic mass is 10.2. The molecule has 0 aromatic rings. The van der Waals surface area contributed by atoms with Crippen molar-refractivity contribution in [1.82, 2.24) is 0 Å². The summed E-state index contributed by atoms with van der Waals surface area (Å²) in [4.78, 5) is 0. The molecule has 0 aromatic carbocycles. The molecular formula is C6H13N. The van der Waals surface area contributed by atoms with Gasteiger partial charge < -0.3 is 5.73 Å². The van der Waals surface area contributed by atoms with E-state index in [2.05, 4.69) is 13.8 Å². The smallest absolute Gasteiger partial charge is 0.0158 e. The Balaban J connectivity index is 2.30. The summed E-state index contributed by atoms with van der Waals surface area (Å²) in [7, 11) is 0. The summed E-state index contributed by atoms with van der Waals surface area (Å²) in [6.45, 7) is 4.32. The van der Waals surface area contributed by atoms with Crippen LogP contribution in [0.5, 0.6) is 0 Å². The summed E-state index contributed by atoms with van der Waals surface area (Å²) in [5, 5.41) is 0. The Morgan fingerprint density at radius 3 is 2.29 bits per heavy atom. The molecule has 1 heteroatoms. The molecule has 0 bridgehead atoms. The summed E-state index contributed by atoms with van der Waals surface area (Å²) in [5.41, 5.74) is 5.94. The maximum absolute atomic E-state index is 5.72. The van der Waals surface area contributed by atoms with Gasteiger partial charge in [0.2, 0.25) is 0 Å². The van der Waals surface area contributed by atoms with E-state index in [-0.39, 0.29) is 5.54 Å². The molecular weight excluding hydrogens is 86.1 g/mol. The second-order valence-electron chi connectivity index (χ2n) is 2.82. The van der Waals surface area contributed by atoms with Crippen molar-refractivity contribution in [3.8, 4) is 0 Å². The highest BCUT2D eigenvalue weighted by atomic mass is 14.8. The molecule has 1 rings (SSSR count). The lowest BCUT2D eigenvalue weighted by Gasteiger charge is -1.96. The lowest BCUT2D eigenvalue weighted by molar-refractivity contribution is 0.633. The van der Waals surface area contributed by atoms with Crippen molar-refractivity contribution in [3.05, 3.63) is 0 Å². The van der Waals surface area contributed by atoms with E-state index in [4.69, 9.17) is 5.73 Å². The third kappa shape index (κ3) is 0.778. The molecule has 1 unspecified atom stereocenters.